The first-order valence-corrected chi connectivity index (χ1v) is 19.4. The van der Waals surface area contributed by atoms with Crippen LogP contribution in [0.15, 0.2) is 96.6 Å². The van der Waals surface area contributed by atoms with E-state index in [9.17, 15) is 9.13 Å². The second-order valence-corrected chi connectivity index (χ2v) is 15.2. The summed E-state index contributed by atoms with van der Waals surface area (Å²) >= 11 is 0. The molecule has 266 valence electrons. The van der Waals surface area contributed by atoms with E-state index in [1.807, 2.05) is 31.2 Å². The van der Waals surface area contributed by atoms with Crippen LogP contribution in [0.4, 0.5) is 0 Å². The maximum atomic E-state index is 13.4. The molecule has 0 saturated heterocycles. The van der Waals surface area contributed by atoms with Crippen LogP contribution in [0.2, 0.25) is 0 Å². The van der Waals surface area contributed by atoms with E-state index in [0.29, 0.717) is 23.0 Å². The van der Waals surface area contributed by atoms with Crippen LogP contribution >= 0.6 is 15.6 Å². The zero-order valence-corrected chi connectivity index (χ0v) is 30.8. The number of ether oxygens (including phenoxy) is 2. The number of rotatable bonds is 20. The van der Waals surface area contributed by atoms with Crippen LogP contribution in [0.5, 0.6) is 23.0 Å². The highest BCUT2D eigenvalue weighted by Crippen LogP contribution is 2.51. The summed E-state index contributed by atoms with van der Waals surface area (Å²) in [6.07, 6.45) is 7.83. The topological polar surface area (TPSA) is 108 Å². The van der Waals surface area contributed by atoms with Gasteiger partial charge in [0.2, 0.25) is 13.6 Å². The number of unbranched alkanes of at least 4 members (excludes halogenated alkanes) is 2. The number of hydrogen-bond donors (Lipinski definition) is 0. The van der Waals surface area contributed by atoms with Gasteiger partial charge in [-0.1, -0.05) is 80.0 Å². The molecular formula is C37H48O10P2. The summed E-state index contributed by atoms with van der Waals surface area (Å²) in [5.74, 6) is 1.52. The first kappa shape index (κ1) is 38.4. The lowest BCUT2D eigenvalue weighted by Gasteiger charge is -2.33. The molecule has 0 spiro atoms. The third-order valence-corrected chi connectivity index (χ3v) is 10.8. The third-order valence-electron chi connectivity index (χ3n) is 8.17. The Labute approximate surface area is 290 Å². The number of phosphoric acid groups is 2. The molecule has 4 atom stereocenters. The minimum Gasteiger partial charge on any atom is -0.466 e. The Morgan fingerprint density at radius 1 is 0.816 bits per heavy atom. The molecule has 1 aliphatic carbocycles. The summed E-state index contributed by atoms with van der Waals surface area (Å²) in [5, 5.41) is 0. The van der Waals surface area contributed by atoms with Gasteiger partial charge in [0.1, 0.15) is 23.0 Å². The van der Waals surface area contributed by atoms with E-state index in [-0.39, 0.29) is 11.8 Å². The van der Waals surface area contributed by atoms with Crippen LogP contribution in [0.3, 0.4) is 0 Å². The maximum Gasteiger partial charge on any atom is 0.532 e. The van der Waals surface area contributed by atoms with E-state index in [0.717, 1.165) is 55.2 Å². The van der Waals surface area contributed by atoms with Gasteiger partial charge in [-0.25, -0.2) is 18.2 Å². The molecule has 3 aromatic rings. The summed E-state index contributed by atoms with van der Waals surface area (Å²) in [7, 11) is -5.53. The summed E-state index contributed by atoms with van der Waals surface area (Å²) in [4.78, 5) is 0. The summed E-state index contributed by atoms with van der Waals surface area (Å²) < 4.78 is 72.0. The zero-order valence-electron chi connectivity index (χ0n) is 29.0. The molecule has 0 fully saturated rings. The molecule has 0 aliphatic heterocycles. The monoisotopic (exact) mass is 714 g/mol. The second-order valence-electron chi connectivity index (χ2n) is 11.8. The molecule has 49 heavy (non-hydrogen) atoms. The fraction of sp³-hybridized carbons (Fsp3) is 0.405. The number of allylic oxidation sites excluding steroid dienone is 3. The highest BCUT2D eigenvalue weighted by molar-refractivity contribution is 7.49. The van der Waals surface area contributed by atoms with Gasteiger partial charge in [-0.3, -0.25) is 9.05 Å². The van der Waals surface area contributed by atoms with Gasteiger partial charge in [-0.2, -0.15) is 0 Å². The van der Waals surface area contributed by atoms with E-state index in [1.54, 1.807) is 48.5 Å². The fourth-order valence-electron chi connectivity index (χ4n) is 5.61. The van der Waals surface area contributed by atoms with E-state index in [2.05, 4.69) is 26.5 Å². The van der Waals surface area contributed by atoms with Gasteiger partial charge in [0.15, 0.2) is 0 Å². The van der Waals surface area contributed by atoms with E-state index in [4.69, 9.17) is 36.6 Å². The van der Waals surface area contributed by atoms with Crippen molar-refractivity contribution in [2.75, 3.05) is 27.8 Å². The van der Waals surface area contributed by atoms with Crippen LogP contribution in [0, 0.1) is 5.92 Å². The summed E-state index contributed by atoms with van der Waals surface area (Å²) in [6.45, 7) is 9.69. The van der Waals surface area contributed by atoms with Crippen LogP contribution in [-0.2, 0) is 33.6 Å². The van der Waals surface area contributed by atoms with Gasteiger partial charge in [0, 0.05) is 25.7 Å². The van der Waals surface area contributed by atoms with Crippen LogP contribution in [0.1, 0.15) is 69.9 Å². The standard InChI is InChI=1S/C37H48O10P2/c1-7-8-11-16-30-24-35(42-26-44-48(38,40-5)46-31-17-12-9-13-18-31)37(34-23-29(4)21-22-33(34)28(2)3)36(25-30)43-27-45-49(39,41-6)47-32-19-14-10-15-20-32/h9-10,12-15,17-20,23-25,33-34H,2,7-8,11,16,21-22,26-27H2,1,3-6H3. The van der Waals surface area contributed by atoms with Gasteiger partial charge in [0.25, 0.3) is 0 Å². The number of benzene rings is 3. The molecular weight excluding hydrogens is 666 g/mol. The van der Waals surface area contributed by atoms with Crippen molar-refractivity contribution in [1.29, 1.82) is 0 Å². The number of para-hydroxylation sites is 2. The Balaban J connectivity index is 1.68. The molecule has 4 unspecified atom stereocenters. The lowest BCUT2D eigenvalue weighted by atomic mass is 9.73. The molecule has 0 heterocycles. The van der Waals surface area contributed by atoms with Crippen LogP contribution in [-0.4, -0.2) is 27.8 Å². The third kappa shape index (κ3) is 11.3. The Kier molecular flexibility index (Phi) is 14.6. The van der Waals surface area contributed by atoms with Gasteiger partial charge < -0.3 is 18.5 Å². The average Bonchev–Trinajstić information content (AvgIpc) is 3.09. The van der Waals surface area contributed by atoms with Crippen molar-refractivity contribution >= 4 is 15.6 Å². The predicted octanol–water partition coefficient (Wildman–Crippen LogP) is 10.8. The molecule has 0 radical (unpaired) electrons. The van der Waals surface area contributed by atoms with Crippen LogP contribution < -0.4 is 18.5 Å². The Bertz CT molecular complexity index is 1540. The first-order valence-electron chi connectivity index (χ1n) is 16.4. The molecule has 0 amide bonds. The Morgan fingerprint density at radius 3 is 1.78 bits per heavy atom. The zero-order chi connectivity index (χ0) is 35.3. The summed E-state index contributed by atoms with van der Waals surface area (Å²) in [5.41, 5.74) is 3.92. The van der Waals surface area contributed by atoms with Crippen molar-refractivity contribution in [1.82, 2.24) is 0 Å². The smallest absolute Gasteiger partial charge is 0.466 e. The van der Waals surface area contributed by atoms with Gasteiger partial charge >= 0.3 is 15.6 Å². The van der Waals surface area contributed by atoms with Crippen molar-refractivity contribution in [2.24, 2.45) is 5.92 Å². The van der Waals surface area contributed by atoms with Crippen molar-refractivity contribution < 1.29 is 45.7 Å². The van der Waals surface area contributed by atoms with Gasteiger partial charge in [0.05, 0.1) is 0 Å². The average molecular weight is 715 g/mol. The summed E-state index contributed by atoms with van der Waals surface area (Å²) in [6, 6.07) is 21.2. The van der Waals surface area contributed by atoms with Crippen molar-refractivity contribution in [3.8, 4) is 23.0 Å². The quantitative estimate of drug-likeness (QED) is 0.0485. The fourth-order valence-corrected chi connectivity index (χ4v) is 7.20. The van der Waals surface area contributed by atoms with Crippen molar-refractivity contribution in [3.05, 3.63) is 108 Å². The SMILES string of the molecule is C=C(C)C1CCC(C)=CC1c1c(OCOP(=O)(OC)Oc2ccccc2)cc(CCCCC)cc1OCOP(=O)(OC)Oc1ccccc1. The Morgan fingerprint density at radius 2 is 1.33 bits per heavy atom. The maximum absolute atomic E-state index is 13.4. The molecule has 10 nitrogen and oxygen atoms in total. The van der Waals surface area contributed by atoms with Gasteiger partial charge in [-0.05, 0) is 87.4 Å². The minimum atomic E-state index is -4.02. The number of aryl methyl sites for hydroxylation is 1. The lowest BCUT2D eigenvalue weighted by molar-refractivity contribution is 0.0720. The minimum absolute atomic E-state index is 0.0826. The van der Waals surface area contributed by atoms with Crippen molar-refractivity contribution in [2.45, 2.75) is 65.2 Å². The van der Waals surface area contributed by atoms with Crippen molar-refractivity contribution in [3.63, 3.8) is 0 Å². The van der Waals surface area contributed by atoms with Crippen LogP contribution in [0.25, 0.3) is 0 Å². The second kappa shape index (κ2) is 18.6. The lowest BCUT2D eigenvalue weighted by Crippen LogP contribution is -2.20. The van der Waals surface area contributed by atoms with E-state index < -0.39 is 29.2 Å². The molecule has 3 aromatic carbocycles. The highest BCUT2D eigenvalue weighted by atomic mass is 31.2. The molecule has 4 rings (SSSR count). The molecule has 0 N–H and O–H groups in total. The normalized spacial score (nSPS) is 18.4. The molecule has 0 saturated carbocycles. The molecule has 0 bridgehead atoms. The molecule has 12 heteroatoms. The van der Waals surface area contributed by atoms with Gasteiger partial charge in [-0.15, -0.1) is 0 Å². The van der Waals surface area contributed by atoms with E-state index in [1.165, 1.54) is 19.8 Å². The Hall–Kier alpha value is -3.36. The van der Waals surface area contributed by atoms with E-state index >= 15 is 0 Å². The highest BCUT2D eigenvalue weighted by Gasteiger charge is 2.33. The number of hydrogen-bond acceptors (Lipinski definition) is 10. The first-order chi connectivity index (χ1) is 23.6. The number of phosphoric ester groups is 2. The predicted molar refractivity (Wildman–Crippen MR) is 190 cm³/mol. The largest absolute Gasteiger partial charge is 0.532 e. The molecule has 0 aromatic heterocycles. The molecule has 1 aliphatic rings.